The maximum absolute atomic E-state index is 12.3. The second-order valence-corrected chi connectivity index (χ2v) is 7.26. The molecule has 0 unspecified atom stereocenters. The molecule has 0 bridgehead atoms. The van der Waals surface area contributed by atoms with Crippen molar-refractivity contribution in [2.24, 2.45) is 5.14 Å². The van der Waals surface area contributed by atoms with Gasteiger partial charge < -0.3 is 10.2 Å². The predicted molar refractivity (Wildman–Crippen MR) is 73.8 cm³/mol. The summed E-state index contributed by atoms with van der Waals surface area (Å²) in [6.07, 6.45) is 0.901. The molecule has 0 aromatic carbocycles. The summed E-state index contributed by atoms with van der Waals surface area (Å²) in [6.45, 7) is 4.65. The number of aryl methyl sites for hydroxylation is 1. The fraction of sp³-hybridized carbons (Fsp3) is 0.545. The zero-order valence-corrected chi connectivity index (χ0v) is 12.3. The summed E-state index contributed by atoms with van der Waals surface area (Å²) in [6, 6.07) is 1.38. The van der Waals surface area contributed by atoms with Crippen LogP contribution in [-0.4, -0.2) is 45.4 Å². The van der Waals surface area contributed by atoms with Gasteiger partial charge in [0.2, 0.25) is 10.0 Å². The van der Waals surface area contributed by atoms with Crippen molar-refractivity contribution in [2.75, 3.05) is 26.2 Å². The van der Waals surface area contributed by atoms with Crippen molar-refractivity contribution in [1.82, 2.24) is 10.2 Å². The normalized spacial score (nSPS) is 17.3. The van der Waals surface area contributed by atoms with Gasteiger partial charge in [0.25, 0.3) is 5.91 Å². The lowest BCUT2D eigenvalue weighted by Gasteiger charge is -2.18. The second-order valence-electron chi connectivity index (χ2n) is 4.47. The fourth-order valence-electron chi connectivity index (χ4n) is 2.06. The third-order valence-corrected chi connectivity index (χ3v) is 5.22. The van der Waals surface area contributed by atoms with Gasteiger partial charge in [-0.2, -0.15) is 0 Å². The Hall–Kier alpha value is -0.960. The first-order chi connectivity index (χ1) is 8.89. The summed E-state index contributed by atoms with van der Waals surface area (Å²) in [7, 11) is -3.76. The van der Waals surface area contributed by atoms with Gasteiger partial charge in [-0.15, -0.1) is 11.3 Å². The van der Waals surface area contributed by atoms with Gasteiger partial charge in [0.15, 0.2) is 0 Å². The number of nitrogens with one attached hydrogen (secondary N) is 1. The van der Waals surface area contributed by atoms with Crippen LogP contribution in [-0.2, 0) is 10.0 Å². The molecule has 1 aliphatic rings. The van der Waals surface area contributed by atoms with Gasteiger partial charge in [-0.3, -0.25) is 4.79 Å². The highest BCUT2D eigenvalue weighted by atomic mass is 32.2. The van der Waals surface area contributed by atoms with Crippen LogP contribution in [0.15, 0.2) is 11.0 Å². The Morgan fingerprint density at radius 1 is 1.42 bits per heavy atom. The minimum absolute atomic E-state index is 0.0498. The number of primary sulfonamides is 1. The molecule has 1 fully saturated rings. The molecule has 2 rings (SSSR count). The molecular formula is C11H17N3O3S2. The first-order valence-corrected chi connectivity index (χ1v) is 8.39. The van der Waals surface area contributed by atoms with Crippen LogP contribution in [0.2, 0.25) is 0 Å². The Kier molecular flexibility index (Phi) is 4.24. The summed E-state index contributed by atoms with van der Waals surface area (Å²) in [5.74, 6) is -0.119. The molecular weight excluding hydrogens is 286 g/mol. The van der Waals surface area contributed by atoms with E-state index in [4.69, 9.17) is 5.14 Å². The van der Waals surface area contributed by atoms with Crippen molar-refractivity contribution in [2.45, 2.75) is 18.2 Å². The van der Waals surface area contributed by atoms with Crippen LogP contribution in [0, 0.1) is 6.92 Å². The first-order valence-electron chi connectivity index (χ1n) is 6.03. The Balaban J connectivity index is 2.24. The average Bonchev–Trinajstić information content (AvgIpc) is 2.57. The molecule has 1 aromatic rings. The van der Waals surface area contributed by atoms with E-state index < -0.39 is 10.0 Å². The maximum Gasteiger partial charge on any atom is 0.264 e. The van der Waals surface area contributed by atoms with E-state index in [1.807, 2.05) is 0 Å². The Labute approximate surface area is 116 Å². The van der Waals surface area contributed by atoms with Crippen molar-refractivity contribution in [3.63, 3.8) is 0 Å². The van der Waals surface area contributed by atoms with Gasteiger partial charge in [-0.05, 0) is 26.0 Å². The van der Waals surface area contributed by atoms with Crippen LogP contribution < -0.4 is 10.5 Å². The predicted octanol–water partition coefficient (Wildman–Crippen LogP) is 0.139. The molecule has 19 heavy (non-hydrogen) atoms. The second kappa shape index (κ2) is 5.58. The number of rotatable bonds is 2. The number of sulfonamides is 1. The van der Waals surface area contributed by atoms with E-state index >= 15 is 0 Å². The van der Waals surface area contributed by atoms with Crippen molar-refractivity contribution < 1.29 is 13.2 Å². The van der Waals surface area contributed by atoms with E-state index in [0.717, 1.165) is 19.5 Å². The Bertz CT molecular complexity index is 572. The van der Waals surface area contributed by atoms with Gasteiger partial charge >= 0.3 is 0 Å². The highest BCUT2D eigenvalue weighted by molar-refractivity contribution is 7.89. The molecule has 0 radical (unpaired) electrons. The topological polar surface area (TPSA) is 92.5 Å². The molecule has 0 aliphatic carbocycles. The van der Waals surface area contributed by atoms with Gasteiger partial charge in [-0.1, -0.05) is 0 Å². The molecule has 1 aromatic heterocycles. The molecule has 8 heteroatoms. The van der Waals surface area contributed by atoms with E-state index in [0.29, 0.717) is 22.8 Å². The molecule has 106 valence electrons. The van der Waals surface area contributed by atoms with Crippen LogP contribution in [0.4, 0.5) is 0 Å². The number of hydrogen-bond acceptors (Lipinski definition) is 5. The summed E-state index contributed by atoms with van der Waals surface area (Å²) in [4.78, 5) is 15.1. The van der Waals surface area contributed by atoms with Crippen LogP contribution in [0.1, 0.15) is 21.0 Å². The monoisotopic (exact) mass is 303 g/mol. The molecule has 2 heterocycles. The van der Waals surface area contributed by atoms with E-state index in [1.54, 1.807) is 11.8 Å². The highest BCUT2D eigenvalue weighted by Gasteiger charge is 2.23. The summed E-state index contributed by atoms with van der Waals surface area (Å²) < 4.78 is 22.7. The van der Waals surface area contributed by atoms with E-state index in [-0.39, 0.29) is 10.8 Å². The average molecular weight is 303 g/mol. The van der Waals surface area contributed by atoms with Crippen LogP contribution >= 0.6 is 11.3 Å². The minimum atomic E-state index is -3.76. The lowest BCUT2D eigenvalue weighted by atomic mass is 10.3. The lowest BCUT2D eigenvalue weighted by Crippen LogP contribution is -2.33. The molecule has 0 spiro atoms. The smallest absolute Gasteiger partial charge is 0.264 e. The van der Waals surface area contributed by atoms with Crippen LogP contribution in [0.3, 0.4) is 0 Å². The largest absolute Gasteiger partial charge is 0.337 e. The van der Waals surface area contributed by atoms with Crippen molar-refractivity contribution in [3.05, 3.63) is 15.8 Å². The van der Waals surface area contributed by atoms with Gasteiger partial charge in [0.1, 0.15) is 0 Å². The van der Waals surface area contributed by atoms with Crippen molar-refractivity contribution in [3.8, 4) is 0 Å². The highest BCUT2D eigenvalue weighted by Crippen LogP contribution is 2.26. The van der Waals surface area contributed by atoms with Gasteiger partial charge in [0, 0.05) is 24.5 Å². The third-order valence-electron chi connectivity index (χ3n) is 3.02. The van der Waals surface area contributed by atoms with E-state index in [9.17, 15) is 13.2 Å². The summed E-state index contributed by atoms with van der Waals surface area (Å²) >= 11 is 1.18. The fourth-order valence-corrected chi connectivity index (χ4v) is 4.17. The quantitative estimate of drug-likeness (QED) is 0.813. The first kappa shape index (κ1) is 14.4. The number of carbonyl (C=O) groups is 1. The summed E-state index contributed by atoms with van der Waals surface area (Å²) in [5, 5.41) is 8.34. The number of carbonyl (C=O) groups excluding carboxylic acids is 1. The zero-order chi connectivity index (χ0) is 14.0. The van der Waals surface area contributed by atoms with Crippen LogP contribution in [0.25, 0.3) is 0 Å². The zero-order valence-electron chi connectivity index (χ0n) is 10.7. The molecule has 1 amide bonds. The SMILES string of the molecule is Cc1sc(C(=O)N2CCCNCC2)cc1S(N)(=O)=O. The molecule has 1 saturated heterocycles. The lowest BCUT2D eigenvalue weighted by molar-refractivity contribution is 0.0771. The Morgan fingerprint density at radius 3 is 2.79 bits per heavy atom. The molecule has 6 nitrogen and oxygen atoms in total. The molecule has 0 saturated carbocycles. The van der Waals surface area contributed by atoms with E-state index in [2.05, 4.69) is 5.32 Å². The summed E-state index contributed by atoms with van der Waals surface area (Å²) in [5.41, 5.74) is 0. The van der Waals surface area contributed by atoms with Crippen molar-refractivity contribution in [1.29, 1.82) is 0 Å². The number of nitrogens with zero attached hydrogens (tertiary/aromatic N) is 1. The standard InChI is InChI=1S/C11H17N3O3S2/c1-8-10(19(12,16)17)7-9(18-8)11(15)14-5-2-3-13-4-6-14/h7,13H,2-6H2,1H3,(H2,12,16,17). The number of nitrogens with two attached hydrogens (primary N) is 1. The molecule has 0 atom stereocenters. The Morgan fingerprint density at radius 2 is 2.16 bits per heavy atom. The van der Waals surface area contributed by atoms with Gasteiger partial charge in [-0.25, -0.2) is 13.6 Å². The van der Waals surface area contributed by atoms with E-state index in [1.165, 1.54) is 17.4 Å². The molecule has 1 aliphatic heterocycles. The number of thiophene rings is 1. The van der Waals surface area contributed by atoms with Crippen LogP contribution in [0.5, 0.6) is 0 Å². The maximum atomic E-state index is 12.3. The minimum Gasteiger partial charge on any atom is -0.337 e. The number of amides is 1. The van der Waals surface area contributed by atoms with Crippen molar-refractivity contribution >= 4 is 27.3 Å². The number of hydrogen-bond donors (Lipinski definition) is 2. The molecule has 3 N–H and O–H groups in total. The van der Waals surface area contributed by atoms with Gasteiger partial charge in [0.05, 0.1) is 9.77 Å². The third kappa shape index (κ3) is 3.33.